The number of nitrogens with zero attached hydrogens (tertiary/aromatic N) is 3. The third-order valence-corrected chi connectivity index (χ3v) is 4.88. The van der Waals surface area contributed by atoms with Crippen LogP contribution in [0.4, 0.5) is 0 Å². The Kier molecular flexibility index (Phi) is 4.58. The molecule has 0 amide bonds. The van der Waals surface area contributed by atoms with Crippen LogP contribution in [0.25, 0.3) is 11.2 Å². The summed E-state index contributed by atoms with van der Waals surface area (Å²) in [6, 6.07) is 4.60. The molecule has 0 aromatic carbocycles. The number of thioether (sulfide) groups is 1. The van der Waals surface area contributed by atoms with Crippen molar-refractivity contribution in [3.63, 3.8) is 0 Å². The molecule has 1 saturated heterocycles. The number of rotatable bonds is 5. The number of pyridine rings is 1. The third kappa shape index (κ3) is 2.83. The van der Waals surface area contributed by atoms with Crippen molar-refractivity contribution in [2.75, 3.05) is 25.2 Å². The Bertz CT molecular complexity index is 563. The number of fused-ring (bicyclic) bond motifs is 1. The van der Waals surface area contributed by atoms with Gasteiger partial charge in [-0.15, -0.1) is 0 Å². The molecule has 0 spiro atoms. The smallest absolute Gasteiger partial charge is 0.160 e. The fourth-order valence-electron chi connectivity index (χ4n) is 2.85. The van der Waals surface area contributed by atoms with Gasteiger partial charge in [-0.25, -0.2) is 9.97 Å². The number of aromatic nitrogens is 3. The second kappa shape index (κ2) is 6.59. The van der Waals surface area contributed by atoms with E-state index in [0.717, 1.165) is 30.6 Å². The molecule has 20 heavy (non-hydrogen) atoms. The summed E-state index contributed by atoms with van der Waals surface area (Å²) in [4.78, 5) is 9.37. The molecular formula is C15H21N3OS. The Hall–Kier alpha value is -1.07. The molecule has 0 N–H and O–H groups in total. The molecular weight excluding hydrogens is 270 g/mol. The molecule has 0 bridgehead atoms. The first kappa shape index (κ1) is 13.9. The Morgan fingerprint density at radius 1 is 1.40 bits per heavy atom. The van der Waals surface area contributed by atoms with E-state index >= 15 is 0 Å². The van der Waals surface area contributed by atoms with Gasteiger partial charge in [0.1, 0.15) is 11.3 Å². The zero-order chi connectivity index (χ0) is 13.8. The maximum atomic E-state index is 5.17. The van der Waals surface area contributed by atoms with Crippen LogP contribution >= 0.6 is 11.8 Å². The quantitative estimate of drug-likeness (QED) is 0.794. The van der Waals surface area contributed by atoms with Gasteiger partial charge in [-0.2, -0.15) is 11.8 Å². The van der Waals surface area contributed by atoms with E-state index in [1.807, 2.05) is 12.3 Å². The van der Waals surface area contributed by atoms with Crippen LogP contribution in [-0.2, 0) is 11.2 Å². The maximum Gasteiger partial charge on any atom is 0.160 e. The van der Waals surface area contributed by atoms with Crippen LogP contribution in [0.15, 0.2) is 18.3 Å². The minimum Gasteiger partial charge on any atom is -0.385 e. The number of methoxy groups -OCH3 is 1. The summed E-state index contributed by atoms with van der Waals surface area (Å²) in [5.74, 6) is 3.66. The van der Waals surface area contributed by atoms with Gasteiger partial charge in [0.15, 0.2) is 5.65 Å². The first-order valence-electron chi connectivity index (χ1n) is 7.28. The molecule has 4 nitrogen and oxygen atoms in total. The largest absolute Gasteiger partial charge is 0.385 e. The van der Waals surface area contributed by atoms with Crippen LogP contribution in [0, 0.1) is 0 Å². The van der Waals surface area contributed by atoms with Crippen molar-refractivity contribution >= 4 is 22.9 Å². The van der Waals surface area contributed by atoms with Gasteiger partial charge in [-0.05, 0) is 42.9 Å². The fraction of sp³-hybridized carbons (Fsp3) is 0.600. The number of ether oxygens (including phenoxy) is 1. The van der Waals surface area contributed by atoms with Gasteiger partial charge in [-0.1, -0.05) is 0 Å². The molecule has 3 heterocycles. The lowest BCUT2D eigenvalue weighted by Gasteiger charge is -2.24. The zero-order valence-electron chi connectivity index (χ0n) is 11.9. The van der Waals surface area contributed by atoms with Gasteiger partial charge in [0.2, 0.25) is 0 Å². The van der Waals surface area contributed by atoms with Crippen LogP contribution < -0.4 is 0 Å². The lowest BCUT2D eigenvalue weighted by Crippen LogP contribution is -2.18. The predicted octanol–water partition coefficient (Wildman–Crippen LogP) is 3.08. The summed E-state index contributed by atoms with van der Waals surface area (Å²) in [5, 5.41) is 0. The molecule has 0 aliphatic carbocycles. The molecule has 3 rings (SSSR count). The van der Waals surface area contributed by atoms with E-state index in [1.54, 1.807) is 7.11 Å². The molecule has 2 aromatic heterocycles. The summed E-state index contributed by atoms with van der Waals surface area (Å²) in [6.07, 6.45) is 6.31. The molecule has 1 aliphatic rings. The summed E-state index contributed by atoms with van der Waals surface area (Å²) in [6.45, 7) is 0.789. The molecule has 0 unspecified atom stereocenters. The number of hydrogen-bond acceptors (Lipinski definition) is 4. The lowest BCUT2D eigenvalue weighted by atomic mass is 10.1. The Balaban J connectivity index is 1.94. The van der Waals surface area contributed by atoms with Gasteiger partial charge >= 0.3 is 0 Å². The average Bonchev–Trinajstić information content (AvgIpc) is 2.86. The van der Waals surface area contributed by atoms with Gasteiger partial charge in [-0.3, -0.25) is 0 Å². The van der Waals surface area contributed by atoms with E-state index in [9.17, 15) is 0 Å². The lowest BCUT2D eigenvalue weighted by molar-refractivity contribution is 0.194. The molecule has 5 heteroatoms. The molecule has 0 atom stereocenters. The van der Waals surface area contributed by atoms with E-state index in [0.29, 0.717) is 6.04 Å². The maximum absolute atomic E-state index is 5.17. The van der Waals surface area contributed by atoms with Crippen molar-refractivity contribution in [2.24, 2.45) is 0 Å². The van der Waals surface area contributed by atoms with Crippen molar-refractivity contribution < 1.29 is 4.74 Å². The van der Waals surface area contributed by atoms with Gasteiger partial charge in [0.05, 0.1) is 0 Å². The first-order chi connectivity index (χ1) is 9.90. The number of hydrogen-bond donors (Lipinski definition) is 0. The summed E-state index contributed by atoms with van der Waals surface area (Å²) < 4.78 is 7.56. The Morgan fingerprint density at radius 2 is 2.25 bits per heavy atom. The minimum absolute atomic E-state index is 0.564. The van der Waals surface area contributed by atoms with Crippen LogP contribution in [-0.4, -0.2) is 39.8 Å². The molecule has 1 aliphatic heterocycles. The predicted molar refractivity (Wildman–Crippen MR) is 83.3 cm³/mol. The number of aryl methyl sites for hydroxylation is 1. The monoisotopic (exact) mass is 291 g/mol. The average molecular weight is 291 g/mol. The summed E-state index contributed by atoms with van der Waals surface area (Å²) in [7, 11) is 1.75. The Labute approximate surface area is 123 Å². The molecule has 0 saturated carbocycles. The zero-order valence-corrected chi connectivity index (χ0v) is 12.7. The highest BCUT2D eigenvalue weighted by Crippen LogP contribution is 2.31. The van der Waals surface area contributed by atoms with Crippen molar-refractivity contribution in [3.8, 4) is 0 Å². The van der Waals surface area contributed by atoms with Crippen LogP contribution in [0.3, 0.4) is 0 Å². The highest BCUT2D eigenvalue weighted by molar-refractivity contribution is 7.99. The van der Waals surface area contributed by atoms with E-state index in [2.05, 4.69) is 27.4 Å². The minimum atomic E-state index is 0.564. The van der Waals surface area contributed by atoms with Gasteiger partial charge in [0, 0.05) is 32.4 Å². The second-order valence-corrected chi connectivity index (χ2v) is 6.41. The first-order valence-corrected chi connectivity index (χ1v) is 8.44. The van der Waals surface area contributed by atoms with E-state index < -0.39 is 0 Å². The van der Waals surface area contributed by atoms with Gasteiger partial charge < -0.3 is 9.30 Å². The third-order valence-electron chi connectivity index (χ3n) is 3.83. The van der Waals surface area contributed by atoms with Crippen molar-refractivity contribution in [1.82, 2.24) is 14.5 Å². The SMILES string of the molecule is COCCCc1nc2cccnc2n1C1CCSCC1. The highest BCUT2D eigenvalue weighted by atomic mass is 32.2. The van der Waals surface area contributed by atoms with Crippen LogP contribution in [0.1, 0.15) is 31.1 Å². The van der Waals surface area contributed by atoms with Crippen LogP contribution in [0.2, 0.25) is 0 Å². The topological polar surface area (TPSA) is 39.9 Å². The van der Waals surface area contributed by atoms with Crippen molar-refractivity contribution in [2.45, 2.75) is 31.7 Å². The fourth-order valence-corrected chi connectivity index (χ4v) is 3.94. The molecule has 0 radical (unpaired) electrons. The van der Waals surface area contributed by atoms with E-state index in [1.165, 1.54) is 30.2 Å². The Morgan fingerprint density at radius 3 is 3.05 bits per heavy atom. The van der Waals surface area contributed by atoms with Crippen molar-refractivity contribution in [3.05, 3.63) is 24.2 Å². The van der Waals surface area contributed by atoms with Crippen LogP contribution in [0.5, 0.6) is 0 Å². The van der Waals surface area contributed by atoms with E-state index in [4.69, 9.17) is 9.72 Å². The number of imidazole rings is 1. The molecule has 1 fully saturated rings. The summed E-state index contributed by atoms with van der Waals surface area (Å²) >= 11 is 2.05. The normalized spacial score (nSPS) is 16.9. The molecule has 2 aromatic rings. The molecule has 108 valence electrons. The van der Waals surface area contributed by atoms with Gasteiger partial charge in [0.25, 0.3) is 0 Å². The summed E-state index contributed by atoms with van der Waals surface area (Å²) in [5.41, 5.74) is 2.08. The highest BCUT2D eigenvalue weighted by Gasteiger charge is 2.21. The van der Waals surface area contributed by atoms with E-state index in [-0.39, 0.29) is 0 Å². The second-order valence-electron chi connectivity index (χ2n) is 5.18. The van der Waals surface area contributed by atoms with Crippen molar-refractivity contribution in [1.29, 1.82) is 0 Å². The standard InChI is InChI=1S/C15H21N3OS/c1-19-9-3-5-14-17-13-4-2-8-16-15(13)18(14)12-6-10-20-11-7-12/h2,4,8,12H,3,5-7,9-11H2,1H3.